The van der Waals surface area contributed by atoms with E-state index in [-0.39, 0.29) is 23.8 Å². The van der Waals surface area contributed by atoms with Crippen LogP contribution in [0.25, 0.3) is 0 Å². The van der Waals surface area contributed by atoms with Gasteiger partial charge in [0.05, 0.1) is 19.8 Å². The van der Waals surface area contributed by atoms with Gasteiger partial charge < -0.3 is 19.7 Å². The van der Waals surface area contributed by atoms with Crippen molar-refractivity contribution in [1.82, 2.24) is 0 Å². The Morgan fingerprint density at radius 1 is 1.00 bits per heavy atom. The summed E-state index contributed by atoms with van der Waals surface area (Å²) >= 11 is 0. The largest absolute Gasteiger partial charge is 0.496 e. The number of anilines is 2. The zero-order valence-electron chi connectivity index (χ0n) is 22.2. The van der Waals surface area contributed by atoms with Crippen molar-refractivity contribution in [2.45, 2.75) is 66.2 Å². The second-order valence-corrected chi connectivity index (χ2v) is 9.75. The Morgan fingerprint density at radius 2 is 1.63 bits per heavy atom. The average molecular weight is 483 g/mol. The summed E-state index contributed by atoms with van der Waals surface area (Å²) in [5.74, 6) is -0.200. The van der Waals surface area contributed by atoms with E-state index >= 15 is 0 Å². The molecule has 7 nitrogen and oxygen atoms in total. The molecule has 190 valence electrons. The van der Waals surface area contributed by atoms with E-state index in [0.717, 1.165) is 35.3 Å². The molecule has 0 spiro atoms. The zero-order chi connectivity index (χ0) is 26.3. The lowest BCUT2D eigenvalue weighted by molar-refractivity contribution is -0.121. The normalized spacial score (nSPS) is 11.1. The average Bonchev–Trinajstić information content (AvgIpc) is 2.79. The first-order valence-corrected chi connectivity index (χ1v) is 11.9. The van der Waals surface area contributed by atoms with E-state index in [2.05, 4.69) is 5.32 Å². The minimum absolute atomic E-state index is 0.120. The Kier molecular flexibility index (Phi) is 9.46. The lowest BCUT2D eigenvalue weighted by Crippen LogP contribution is -2.38. The van der Waals surface area contributed by atoms with E-state index < -0.39 is 5.97 Å². The summed E-state index contributed by atoms with van der Waals surface area (Å²) in [6.07, 6.45) is 1.96. The summed E-state index contributed by atoms with van der Waals surface area (Å²) in [7, 11) is 2.93. The molecule has 0 aliphatic rings. The number of esters is 1. The topological polar surface area (TPSA) is 84.9 Å². The van der Waals surface area contributed by atoms with Gasteiger partial charge >= 0.3 is 5.97 Å². The summed E-state index contributed by atoms with van der Waals surface area (Å²) in [4.78, 5) is 40.0. The maximum Gasteiger partial charge on any atom is 0.337 e. The Morgan fingerprint density at radius 3 is 2.14 bits per heavy atom. The van der Waals surface area contributed by atoms with Gasteiger partial charge in [0.25, 0.3) is 0 Å². The number of benzene rings is 2. The van der Waals surface area contributed by atoms with Crippen LogP contribution < -0.4 is 15.0 Å². The summed E-state index contributed by atoms with van der Waals surface area (Å²) in [6.45, 7) is 11.8. The molecule has 0 saturated heterocycles. The van der Waals surface area contributed by atoms with E-state index in [4.69, 9.17) is 9.47 Å². The van der Waals surface area contributed by atoms with E-state index in [1.165, 1.54) is 12.0 Å². The number of hydrogen-bond donors (Lipinski definition) is 1. The third kappa shape index (κ3) is 7.07. The molecule has 0 radical (unpaired) electrons. The molecular weight excluding hydrogens is 444 g/mol. The smallest absolute Gasteiger partial charge is 0.337 e. The highest BCUT2D eigenvalue weighted by Gasteiger charge is 2.24. The van der Waals surface area contributed by atoms with Gasteiger partial charge in [0, 0.05) is 17.8 Å². The van der Waals surface area contributed by atoms with Gasteiger partial charge in [-0.2, -0.15) is 0 Å². The van der Waals surface area contributed by atoms with Crippen LogP contribution >= 0.6 is 0 Å². The minimum atomic E-state index is -0.485. The van der Waals surface area contributed by atoms with Gasteiger partial charge in [0.1, 0.15) is 12.3 Å². The van der Waals surface area contributed by atoms with Gasteiger partial charge in [-0.15, -0.1) is 0 Å². The molecule has 35 heavy (non-hydrogen) atoms. The highest BCUT2D eigenvalue weighted by atomic mass is 16.5. The van der Waals surface area contributed by atoms with Crippen LogP contribution in [-0.4, -0.2) is 38.5 Å². The van der Waals surface area contributed by atoms with Crippen LogP contribution in [0.5, 0.6) is 5.75 Å². The van der Waals surface area contributed by atoms with Crippen molar-refractivity contribution in [2.24, 2.45) is 0 Å². The summed E-state index contributed by atoms with van der Waals surface area (Å²) in [5.41, 5.74) is 3.88. The van der Waals surface area contributed by atoms with Crippen LogP contribution in [0.15, 0.2) is 30.3 Å². The number of carbonyl (C=O) groups is 3. The Hall–Kier alpha value is -3.35. The monoisotopic (exact) mass is 482 g/mol. The van der Waals surface area contributed by atoms with E-state index in [0.29, 0.717) is 23.4 Å². The van der Waals surface area contributed by atoms with Crippen molar-refractivity contribution >= 4 is 29.2 Å². The maximum atomic E-state index is 13.3. The molecule has 0 fully saturated rings. The van der Waals surface area contributed by atoms with Crippen molar-refractivity contribution in [3.8, 4) is 5.75 Å². The molecule has 2 amide bonds. The molecule has 0 unspecified atom stereocenters. The van der Waals surface area contributed by atoms with Crippen LogP contribution in [-0.2, 0) is 19.7 Å². The molecular formula is C28H38N2O5. The minimum Gasteiger partial charge on any atom is -0.496 e. The lowest BCUT2D eigenvalue weighted by atomic mass is 9.85. The van der Waals surface area contributed by atoms with Crippen molar-refractivity contribution in [2.75, 3.05) is 31.0 Å². The van der Waals surface area contributed by atoms with Gasteiger partial charge in [-0.3, -0.25) is 9.59 Å². The standard InChI is InChI=1S/C28H38N2O5/c1-9-10-11-25(32)30(21-14-18(2)26(34-7)19(3)15-21)17-24(31)29-23-16-20(27(33)35-8)12-13-22(23)28(4,5)6/h12-16H,9-11,17H2,1-8H3,(H,29,31). The predicted octanol–water partition coefficient (Wildman–Crippen LogP) is 5.56. The molecule has 2 rings (SSSR count). The summed E-state index contributed by atoms with van der Waals surface area (Å²) in [6, 6.07) is 8.85. The number of methoxy groups -OCH3 is 2. The van der Waals surface area contributed by atoms with Crippen molar-refractivity contribution < 1.29 is 23.9 Å². The molecule has 0 saturated carbocycles. The second-order valence-electron chi connectivity index (χ2n) is 9.75. The van der Waals surface area contributed by atoms with E-state index in [1.807, 2.05) is 59.7 Å². The highest BCUT2D eigenvalue weighted by Crippen LogP contribution is 2.32. The first kappa shape index (κ1) is 27.9. The van der Waals surface area contributed by atoms with Crippen molar-refractivity contribution in [3.05, 3.63) is 52.6 Å². The molecule has 0 atom stereocenters. The van der Waals surface area contributed by atoms with Crippen LogP contribution in [0.3, 0.4) is 0 Å². The summed E-state index contributed by atoms with van der Waals surface area (Å²) < 4.78 is 10.3. The SMILES string of the molecule is CCCCC(=O)N(CC(=O)Nc1cc(C(=O)OC)ccc1C(C)(C)C)c1cc(C)c(OC)c(C)c1. The Balaban J connectivity index is 2.42. The number of aryl methyl sites for hydroxylation is 2. The predicted molar refractivity (Wildman–Crippen MR) is 139 cm³/mol. The Labute approximate surface area is 208 Å². The first-order chi connectivity index (χ1) is 16.4. The molecule has 7 heteroatoms. The number of unbranched alkanes of at least 4 members (excludes halogenated alkanes) is 1. The molecule has 0 bridgehead atoms. The fourth-order valence-corrected chi connectivity index (χ4v) is 4.07. The van der Waals surface area contributed by atoms with Gasteiger partial charge in [-0.05, 0) is 66.6 Å². The fraction of sp³-hybridized carbons (Fsp3) is 0.464. The van der Waals surface area contributed by atoms with Gasteiger partial charge in [-0.25, -0.2) is 4.79 Å². The van der Waals surface area contributed by atoms with Gasteiger partial charge in [-0.1, -0.05) is 40.2 Å². The van der Waals surface area contributed by atoms with Gasteiger partial charge in [0.2, 0.25) is 11.8 Å². The number of ether oxygens (including phenoxy) is 2. The summed E-state index contributed by atoms with van der Waals surface area (Å²) in [5, 5.41) is 2.93. The van der Waals surface area contributed by atoms with Crippen LogP contribution in [0, 0.1) is 13.8 Å². The molecule has 2 aromatic carbocycles. The second kappa shape index (κ2) is 11.9. The fourth-order valence-electron chi connectivity index (χ4n) is 4.07. The molecule has 0 aromatic heterocycles. The number of rotatable bonds is 9. The third-order valence-corrected chi connectivity index (χ3v) is 5.83. The molecule has 1 N–H and O–H groups in total. The maximum absolute atomic E-state index is 13.3. The number of hydrogen-bond acceptors (Lipinski definition) is 5. The number of carbonyl (C=O) groups excluding carboxylic acids is 3. The molecule has 0 heterocycles. The van der Waals surface area contributed by atoms with Crippen molar-refractivity contribution in [3.63, 3.8) is 0 Å². The van der Waals surface area contributed by atoms with Gasteiger partial charge in [0.15, 0.2) is 0 Å². The molecule has 2 aromatic rings. The highest BCUT2D eigenvalue weighted by molar-refractivity contribution is 6.03. The van der Waals surface area contributed by atoms with E-state index in [1.54, 1.807) is 19.2 Å². The van der Waals surface area contributed by atoms with Crippen LogP contribution in [0.1, 0.15) is 74.0 Å². The molecule has 0 aliphatic carbocycles. The Bertz CT molecular complexity index is 1060. The van der Waals surface area contributed by atoms with E-state index in [9.17, 15) is 14.4 Å². The van der Waals surface area contributed by atoms with Crippen LogP contribution in [0.2, 0.25) is 0 Å². The van der Waals surface area contributed by atoms with Crippen molar-refractivity contribution in [1.29, 1.82) is 0 Å². The third-order valence-electron chi connectivity index (χ3n) is 5.83. The number of amides is 2. The first-order valence-electron chi connectivity index (χ1n) is 11.9. The van der Waals surface area contributed by atoms with Crippen LogP contribution in [0.4, 0.5) is 11.4 Å². The molecule has 0 aliphatic heterocycles. The lowest BCUT2D eigenvalue weighted by Gasteiger charge is -2.26. The zero-order valence-corrected chi connectivity index (χ0v) is 22.2. The number of nitrogens with zero attached hydrogens (tertiary/aromatic N) is 1. The number of nitrogens with one attached hydrogen (secondary N) is 1. The quantitative estimate of drug-likeness (QED) is 0.473.